The number of hydrogen-bond acceptors (Lipinski definition) is 3. The van der Waals surface area contributed by atoms with Crippen LogP contribution in [0, 0.1) is 6.92 Å². The Bertz CT molecular complexity index is 386. The average molecular weight is 233 g/mol. The van der Waals surface area contributed by atoms with Gasteiger partial charge in [-0.25, -0.2) is 0 Å². The van der Waals surface area contributed by atoms with Crippen molar-refractivity contribution in [2.45, 2.75) is 38.6 Å². The van der Waals surface area contributed by atoms with Crippen LogP contribution in [0.2, 0.25) is 0 Å². The Morgan fingerprint density at radius 1 is 1.59 bits per heavy atom. The molecule has 4 heteroatoms. The molecule has 1 amide bonds. The standard InChI is InChI=1S/C13H19N3O/c1-10-7-12(9-14-8-10)16-13(17)5-4-11-3-2-6-15-11/h7-9,11,15H,2-6H2,1H3,(H,16,17). The van der Waals surface area contributed by atoms with Gasteiger partial charge in [-0.2, -0.15) is 0 Å². The van der Waals surface area contributed by atoms with Gasteiger partial charge in [-0.3, -0.25) is 9.78 Å². The summed E-state index contributed by atoms with van der Waals surface area (Å²) in [7, 11) is 0. The van der Waals surface area contributed by atoms with Crippen molar-refractivity contribution in [3.05, 3.63) is 24.0 Å². The van der Waals surface area contributed by atoms with E-state index in [1.54, 1.807) is 12.4 Å². The van der Waals surface area contributed by atoms with Crippen LogP contribution in [0.3, 0.4) is 0 Å². The summed E-state index contributed by atoms with van der Waals surface area (Å²) in [5, 5.41) is 6.27. The van der Waals surface area contributed by atoms with Gasteiger partial charge in [-0.05, 0) is 44.4 Å². The summed E-state index contributed by atoms with van der Waals surface area (Å²) in [6.45, 7) is 3.05. The van der Waals surface area contributed by atoms with Gasteiger partial charge in [0.05, 0.1) is 11.9 Å². The van der Waals surface area contributed by atoms with Crippen LogP contribution in [0.25, 0.3) is 0 Å². The first-order valence-electron chi connectivity index (χ1n) is 6.19. The van der Waals surface area contributed by atoms with Crippen LogP contribution in [0.1, 0.15) is 31.2 Å². The molecule has 1 fully saturated rings. The lowest BCUT2D eigenvalue weighted by Crippen LogP contribution is -2.23. The Kier molecular flexibility index (Phi) is 4.09. The molecule has 1 aromatic rings. The molecule has 1 aliphatic heterocycles. The van der Waals surface area contributed by atoms with Crippen molar-refractivity contribution in [3.63, 3.8) is 0 Å². The van der Waals surface area contributed by atoms with E-state index in [2.05, 4.69) is 15.6 Å². The summed E-state index contributed by atoms with van der Waals surface area (Å²) in [4.78, 5) is 15.8. The van der Waals surface area contributed by atoms with E-state index in [0.29, 0.717) is 12.5 Å². The Morgan fingerprint density at radius 2 is 2.47 bits per heavy atom. The minimum absolute atomic E-state index is 0.0751. The van der Waals surface area contributed by atoms with E-state index in [1.165, 1.54) is 12.8 Å². The number of pyridine rings is 1. The van der Waals surface area contributed by atoms with Crippen molar-refractivity contribution in [1.82, 2.24) is 10.3 Å². The number of rotatable bonds is 4. The van der Waals surface area contributed by atoms with Crippen molar-refractivity contribution < 1.29 is 4.79 Å². The fourth-order valence-electron chi connectivity index (χ4n) is 2.16. The van der Waals surface area contributed by atoms with Crippen molar-refractivity contribution in [1.29, 1.82) is 0 Å². The van der Waals surface area contributed by atoms with Gasteiger partial charge in [-0.15, -0.1) is 0 Å². The second kappa shape index (κ2) is 5.77. The number of carbonyl (C=O) groups is 1. The third kappa shape index (κ3) is 3.82. The van der Waals surface area contributed by atoms with Crippen LogP contribution in [0.5, 0.6) is 0 Å². The third-order valence-electron chi connectivity index (χ3n) is 3.04. The molecule has 92 valence electrons. The van der Waals surface area contributed by atoms with Gasteiger partial charge in [-0.1, -0.05) is 0 Å². The molecule has 0 spiro atoms. The summed E-state index contributed by atoms with van der Waals surface area (Å²) < 4.78 is 0. The molecular formula is C13H19N3O. The third-order valence-corrected chi connectivity index (χ3v) is 3.04. The summed E-state index contributed by atoms with van der Waals surface area (Å²) >= 11 is 0. The predicted molar refractivity (Wildman–Crippen MR) is 67.9 cm³/mol. The lowest BCUT2D eigenvalue weighted by molar-refractivity contribution is -0.116. The molecule has 0 aromatic carbocycles. The predicted octanol–water partition coefficient (Wildman–Crippen LogP) is 1.86. The summed E-state index contributed by atoms with van der Waals surface area (Å²) in [5.41, 5.74) is 1.84. The molecule has 1 saturated heterocycles. The normalized spacial score (nSPS) is 19.2. The number of nitrogens with one attached hydrogen (secondary N) is 2. The molecule has 1 unspecified atom stereocenters. The molecule has 2 heterocycles. The second-order valence-corrected chi connectivity index (χ2v) is 4.63. The zero-order valence-electron chi connectivity index (χ0n) is 10.2. The van der Waals surface area contributed by atoms with E-state index in [-0.39, 0.29) is 5.91 Å². The molecule has 17 heavy (non-hydrogen) atoms. The van der Waals surface area contributed by atoms with Crippen LogP contribution in [0.4, 0.5) is 5.69 Å². The maximum Gasteiger partial charge on any atom is 0.224 e. The zero-order valence-corrected chi connectivity index (χ0v) is 10.2. The highest BCUT2D eigenvalue weighted by Crippen LogP contribution is 2.12. The number of hydrogen-bond donors (Lipinski definition) is 2. The first-order chi connectivity index (χ1) is 8.24. The van der Waals surface area contributed by atoms with Crippen LogP contribution in [0.15, 0.2) is 18.5 Å². The molecular weight excluding hydrogens is 214 g/mol. The van der Waals surface area contributed by atoms with E-state index < -0.39 is 0 Å². The SMILES string of the molecule is Cc1cncc(NC(=O)CCC2CCCN2)c1. The molecule has 0 radical (unpaired) electrons. The molecule has 4 nitrogen and oxygen atoms in total. The highest BCUT2D eigenvalue weighted by Gasteiger charge is 2.15. The summed E-state index contributed by atoms with van der Waals surface area (Å²) in [5.74, 6) is 0.0751. The van der Waals surface area contributed by atoms with Crippen molar-refractivity contribution in [2.24, 2.45) is 0 Å². The summed E-state index contributed by atoms with van der Waals surface area (Å²) in [6.07, 6.45) is 7.38. The zero-order chi connectivity index (χ0) is 12.1. The van der Waals surface area contributed by atoms with Crippen LogP contribution in [-0.2, 0) is 4.79 Å². The Morgan fingerprint density at radius 3 is 3.18 bits per heavy atom. The van der Waals surface area contributed by atoms with Crippen LogP contribution < -0.4 is 10.6 Å². The van der Waals surface area contributed by atoms with E-state index in [9.17, 15) is 4.79 Å². The molecule has 1 aliphatic rings. The van der Waals surface area contributed by atoms with Crippen molar-refractivity contribution >= 4 is 11.6 Å². The van der Waals surface area contributed by atoms with Gasteiger partial charge in [0.2, 0.25) is 5.91 Å². The van der Waals surface area contributed by atoms with Gasteiger partial charge in [0.25, 0.3) is 0 Å². The van der Waals surface area contributed by atoms with Crippen molar-refractivity contribution in [2.75, 3.05) is 11.9 Å². The molecule has 2 N–H and O–H groups in total. The number of aryl methyl sites for hydroxylation is 1. The maximum absolute atomic E-state index is 11.7. The number of aromatic nitrogens is 1. The van der Waals surface area contributed by atoms with E-state index in [1.807, 2.05) is 13.0 Å². The van der Waals surface area contributed by atoms with Crippen LogP contribution >= 0.6 is 0 Å². The maximum atomic E-state index is 11.7. The Labute approximate surface area is 102 Å². The molecule has 0 aliphatic carbocycles. The van der Waals surface area contributed by atoms with Gasteiger partial charge < -0.3 is 10.6 Å². The van der Waals surface area contributed by atoms with Crippen molar-refractivity contribution in [3.8, 4) is 0 Å². The quantitative estimate of drug-likeness (QED) is 0.834. The first kappa shape index (κ1) is 12.0. The Hall–Kier alpha value is -1.42. The lowest BCUT2D eigenvalue weighted by Gasteiger charge is -2.10. The van der Waals surface area contributed by atoms with Gasteiger partial charge in [0.15, 0.2) is 0 Å². The number of carbonyl (C=O) groups excluding carboxylic acids is 1. The largest absolute Gasteiger partial charge is 0.325 e. The van der Waals surface area contributed by atoms with Gasteiger partial charge >= 0.3 is 0 Å². The molecule has 2 rings (SSSR count). The molecule has 0 saturated carbocycles. The topological polar surface area (TPSA) is 54.0 Å². The highest BCUT2D eigenvalue weighted by molar-refractivity contribution is 5.90. The van der Waals surface area contributed by atoms with Crippen LogP contribution in [-0.4, -0.2) is 23.5 Å². The highest BCUT2D eigenvalue weighted by atomic mass is 16.1. The number of amides is 1. The number of anilines is 1. The fraction of sp³-hybridized carbons (Fsp3) is 0.538. The van der Waals surface area contributed by atoms with Gasteiger partial charge in [0.1, 0.15) is 0 Å². The monoisotopic (exact) mass is 233 g/mol. The van der Waals surface area contributed by atoms with E-state index >= 15 is 0 Å². The van der Waals surface area contributed by atoms with E-state index in [4.69, 9.17) is 0 Å². The molecule has 0 bridgehead atoms. The smallest absolute Gasteiger partial charge is 0.224 e. The fourth-order valence-corrected chi connectivity index (χ4v) is 2.16. The average Bonchev–Trinajstić information content (AvgIpc) is 2.79. The second-order valence-electron chi connectivity index (χ2n) is 4.63. The summed E-state index contributed by atoms with van der Waals surface area (Å²) in [6, 6.07) is 2.45. The first-order valence-corrected chi connectivity index (χ1v) is 6.19. The number of nitrogens with zero attached hydrogens (tertiary/aromatic N) is 1. The lowest BCUT2D eigenvalue weighted by atomic mass is 10.1. The molecule has 1 atom stereocenters. The molecule has 1 aromatic heterocycles. The minimum atomic E-state index is 0.0751. The van der Waals surface area contributed by atoms with Gasteiger partial charge in [0, 0.05) is 18.7 Å². The van der Waals surface area contributed by atoms with E-state index in [0.717, 1.165) is 24.2 Å². The Balaban J connectivity index is 1.76. The minimum Gasteiger partial charge on any atom is -0.325 e.